The third-order valence-electron chi connectivity index (χ3n) is 4.17. The van der Waals surface area contributed by atoms with Crippen LogP contribution in [0.15, 0.2) is 41.8 Å². The Morgan fingerprint density at radius 1 is 1.15 bits per heavy atom. The summed E-state index contributed by atoms with van der Waals surface area (Å²) >= 11 is 1.08. The molecule has 2 aromatic carbocycles. The van der Waals surface area contributed by atoms with E-state index in [-0.39, 0.29) is 16.8 Å². The van der Waals surface area contributed by atoms with Gasteiger partial charge in [-0.05, 0) is 12.1 Å². The number of benzene rings is 2. The molecule has 172 valence electrons. The standard InChI is InChI=1S/C20H16F2N4O6S/c1-10(27)23-12-5-3-11(4-6-12)14-9-33-20(24-14)25-18(28)13-7-16(31-2)17(32-19(21)22)8-15(13)26(29)30/h3-9,19H,1-2H3,(H,23,27)(H,24,25,28). The van der Waals surface area contributed by atoms with Gasteiger partial charge in [0.2, 0.25) is 5.91 Å². The molecule has 2 amide bonds. The normalized spacial score (nSPS) is 10.6. The van der Waals surface area contributed by atoms with Gasteiger partial charge in [0.25, 0.3) is 11.6 Å². The molecule has 0 aliphatic rings. The molecule has 1 heterocycles. The molecular formula is C20H16F2N4O6S. The van der Waals surface area contributed by atoms with Gasteiger partial charge in [0.15, 0.2) is 16.6 Å². The Morgan fingerprint density at radius 2 is 1.85 bits per heavy atom. The van der Waals surface area contributed by atoms with Crippen LogP contribution in [0.1, 0.15) is 17.3 Å². The van der Waals surface area contributed by atoms with E-state index in [9.17, 15) is 28.5 Å². The zero-order chi connectivity index (χ0) is 24.1. The highest BCUT2D eigenvalue weighted by atomic mass is 32.1. The largest absolute Gasteiger partial charge is 0.493 e. The molecule has 0 atom stereocenters. The maximum absolute atomic E-state index is 12.7. The minimum Gasteiger partial charge on any atom is -0.493 e. The van der Waals surface area contributed by atoms with E-state index < -0.39 is 34.4 Å². The molecule has 33 heavy (non-hydrogen) atoms. The number of hydrogen-bond acceptors (Lipinski definition) is 8. The van der Waals surface area contributed by atoms with Crippen LogP contribution in [-0.4, -0.2) is 35.4 Å². The first-order valence-corrected chi connectivity index (χ1v) is 10.0. The summed E-state index contributed by atoms with van der Waals surface area (Å²) in [5, 5.41) is 18.3. The Morgan fingerprint density at radius 3 is 2.42 bits per heavy atom. The van der Waals surface area contributed by atoms with E-state index >= 15 is 0 Å². The summed E-state index contributed by atoms with van der Waals surface area (Å²) in [5.41, 5.74) is 0.680. The number of nitro groups is 1. The maximum Gasteiger partial charge on any atom is 0.387 e. The summed E-state index contributed by atoms with van der Waals surface area (Å²) in [6, 6.07) is 8.47. The molecule has 3 aromatic rings. The van der Waals surface area contributed by atoms with Gasteiger partial charge in [-0.25, -0.2) is 4.98 Å². The van der Waals surface area contributed by atoms with E-state index in [4.69, 9.17) is 4.74 Å². The minimum atomic E-state index is -3.24. The van der Waals surface area contributed by atoms with Crippen molar-refractivity contribution >= 4 is 39.7 Å². The van der Waals surface area contributed by atoms with Gasteiger partial charge in [-0.1, -0.05) is 12.1 Å². The van der Waals surface area contributed by atoms with Gasteiger partial charge < -0.3 is 14.8 Å². The van der Waals surface area contributed by atoms with E-state index in [1.54, 1.807) is 29.6 Å². The lowest BCUT2D eigenvalue weighted by atomic mass is 10.1. The Labute approximate surface area is 189 Å². The first kappa shape index (κ1) is 23.5. The summed E-state index contributed by atoms with van der Waals surface area (Å²) in [6.07, 6.45) is 0. The second-order valence-electron chi connectivity index (χ2n) is 6.41. The number of halogens is 2. The molecule has 0 saturated heterocycles. The topological polar surface area (TPSA) is 133 Å². The second-order valence-corrected chi connectivity index (χ2v) is 7.26. The van der Waals surface area contributed by atoms with Crippen LogP contribution in [0.2, 0.25) is 0 Å². The van der Waals surface area contributed by atoms with Crippen LogP contribution in [0.25, 0.3) is 11.3 Å². The highest BCUT2D eigenvalue weighted by Crippen LogP contribution is 2.36. The molecule has 0 unspecified atom stereocenters. The quantitative estimate of drug-likeness (QED) is 0.359. The van der Waals surface area contributed by atoms with E-state index in [0.717, 1.165) is 24.5 Å². The summed E-state index contributed by atoms with van der Waals surface area (Å²) in [5.74, 6) is -1.94. The summed E-state index contributed by atoms with van der Waals surface area (Å²) in [4.78, 5) is 38.6. The lowest BCUT2D eigenvalue weighted by Crippen LogP contribution is -2.15. The SMILES string of the molecule is COc1cc(C(=O)Nc2nc(-c3ccc(NC(C)=O)cc3)cs2)c([N+](=O)[O-])cc1OC(F)F. The zero-order valence-electron chi connectivity index (χ0n) is 17.1. The molecule has 0 fully saturated rings. The molecule has 1 aromatic heterocycles. The zero-order valence-corrected chi connectivity index (χ0v) is 17.9. The first-order chi connectivity index (χ1) is 15.7. The van der Waals surface area contributed by atoms with Gasteiger partial charge in [0.05, 0.1) is 23.8 Å². The molecule has 10 nitrogen and oxygen atoms in total. The molecule has 0 saturated carbocycles. The van der Waals surface area contributed by atoms with Gasteiger partial charge >= 0.3 is 6.61 Å². The number of nitrogens with zero attached hydrogens (tertiary/aromatic N) is 2. The first-order valence-electron chi connectivity index (χ1n) is 9.14. The van der Waals surface area contributed by atoms with E-state index in [1.165, 1.54) is 6.92 Å². The summed E-state index contributed by atoms with van der Waals surface area (Å²) in [6.45, 7) is -1.85. The molecule has 0 radical (unpaired) electrons. The molecule has 0 bridgehead atoms. The van der Waals surface area contributed by atoms with Gasteiger partial charge in [0.1, 0.15) is 5.56 Å². The smallest absolute Gasteiger partial charge is 0.387 e. The van der Waals surface area contributed by atoms with Crippen LogP contribution in [0.4, 0.5) is 25.3 Å². The Balaban J connectivity index is 1.83. The van der Waals surface area contributed by atoms with E-state index in [2.05, 4.69) is 20.4 Å². The number of methoxy groups -OCH3 is 1. The molecule has 3 rings (SSSR count). The lowest BCUT2D eigenvalue weighted by molar-refractivity contribution is -0.385. The number of alkyl halides is 2. The maximum atomic E-state index is 12.7. The van der Waals surface area contributed by atoms with E-state index in [1.807, 2.05) is 0 Å². The number of aromatic nitrogens is 1. The fourth-order valence-corrected chi connectivity index (χ4v) is 3.50. The van der Waals surface area contributed by atoms with Gasteiger partial charge in [0, 0.05) is 29.6 Å². The fraction of sp³-hybridized carbons (Fsp3) is 0.150. The highest BCUT2D eigenvalue weighted by molar-refractivity contribution is 7.14. The molecule has 0 spiro atoms. The Bertz CT molecular complexity index is 1200. The van der Waals surface area contributed by atoms with Crippen LogP contribution in [-0.2, 0) is 4.79 Å². The molecule has 2 N–H and O–H groups in total. The fourth-order valence-electron chi connectivity index (χ4n) is 2.79. The van der Waals surface area contributed by atoms with Crippen molar-refractivity contribution in [1.82, 2.24) is 4.98 Å². The number of nitrogens with one attached hydrogen (secondary N) is 2. The number of rotatable bonds is 8. The minimum absolute atomic E-state index is 0.155. The van der Waals surface area contributed by atoms with Crippen molar-refractivity contribution in [1.29, 1.82) is 0 Å². The molecular weight excluding hydrogens is 462 g/mol. The third kappa shape index (κ3) is 5.77. The van der Waals surface area contributed by atoms with Crippen molar-refractivity contribution in [2.24, 2.45) is 0 Å². The Hall–Kier alpha value is -4.13. The molecule has 13 heteroatoms. The second kappa shape index (κ2) is 9.99. The lowest BCUT2D eigenvalue weighted by Gasteiger charge is -2.11. The predicted octanol–water partition coefficient (Wildman–Crippen LogP) is 4.54. The third-order valence-corrected chi connectivity index (χ3v) is 4.92. The van der Waals surface area contributed by atoms with Crippen molar-refractivity contribution in [3.05, 3.63) is 57.5 Å². The summed E-state index contributed by atoms with van der Waals surface area (Å²) in [7, 11) is 1.14. The number of ether oxygens (including phenoxy) is 2. The van der Waals surface area contributed by atoms with Crippen LogP contribution in [0, 0.1) is 10.1 Å². The van der Waals surface area contributed by atoms with Gasteiger partial charge in [-0.15, -0.1) is 11.3 Å². The summed E-state index contributed by atoms with van der Waals surface area (Å²) < 4.78 is 34.3. The number of thiazole rings is 1. The number of carbonyl (C=O) groups is 2. The van der Waals surface area contributed by atoms with Crippen molar-refractivity contribution < 1.29 is 32.8 Å². The number of hydrogen-bond donors (Lipinski definition) is 2. The molecule has 0 aliphatic carbocycles. The van der Waals surface area contributed by atoms with Crippen LogP contribution in [0.3, 0.4) is 0 Å². The van der Waals surface area contributed by atoms with Gasteiger partial charge in [-0.3, -0.25) is 25.0 Å². The van der Waals surface area contributed by atoms with Crippen LogP contribution >= 0.6 is 11.3 Å². The van der Waals surface area contributed by atoms with Crippen molar-refractivity contribution in [2.75, 3.05) is 17.7 Å². The number of amides is 2. The van der Waals surface area contributed by atoms with Gasteiger partial charge in [-0.2, -0.15) is 8.78 Å². The van der Waals surface area contributed by atoms with Crippen molar-refractivity contribution in [3.63, 3.8) is 0 Å². The number of nitro benzene ring substituents is 1. The van der Waals surface area contributed by atoms with Crippen molar-refractivity contribution in [2.45, 2.75) is 13.5 Å². The average Bonchev–Trinajstić information content (AvgIpc) is 3.21. The van der Waals surface area contributed by atoms with E-state index in [0.29, 0.717) is 23.0 Å². The number of carbonyl (C=O) groups excluding carboxylic acids is 2. The monoisotopic (exact) mass is 478 g/mol. The average molecular weight is 478 g/mol. The van der Waals surface area contributed by atoms with Crippen LogP contribution in [0.5, 0.6) is 11.5 Å². The van der Waals surface area contributed by atoms with Crippen molar-refractivity contribution in [3.8, 4) is 22.8 Å². The highest BCUT2D eigenvalue weighted by Gasteiger charge is 2.26. The van der Waals surface area contributed by atoms with Crippen LogP contribution < -0.4 is 20.1 Å². The number of anilines is 2. The Kier molecular flexibility index (Phi) is 7.13. The predicted molar refractivity (Wildman–Crippen MR) is 116 cm³/mol. The molecule has 0 aliphatic heterocycles.